The zero-order valence-electron chi connectivity index (χ0n) is 11.3. The van der Waals surface area contributed by atoms with Gasteiger partial charge in [0.1, 0.15) is 6.54 Å². The molecular formula is C15H18N2O3. The first-order valence-electron chi connectivity index (χ1n) is 6.51. The number of nitrogens with two attached hydrogens (primary N) is 1. The van der Waals surface area contributed by atoms with Crippen LogP contribution >= 0.6 is 0 Å². The van der Waals surface area contributed by atoms with E-state index < -0.39 is 5.97 Å². The number of hydrogen-bond acceptors (Lipinski definition) is 3. The maximum absolute atomic E-state index is 12.5. The Bertz CT molecular complexity index is 537. The van der Waals surface area contributed by atoms with Gasteiger partial charge in [-0.15, -0.1) is 0 Å². The van der Waals surface area contributed by atoms with Crippen LogP contribution in [-0.4, -0.2) is 29.6 Å². The fraction of sp³-hybridized carbons (Fsp3) is 0.333. The minimum Gasteiger partial charge on any atom is -0.480 e. The summed E-state index contributed by atoms with van der Waals surface area (Å²) < 4.78 is 0. The van der Waals surface area contributed by atoms with E-state index in [-0.39, 0.29) is 24.4 Å². The molecule has 1 aromatic rings. The van der Waals surface area contributed by atoms with E-state index in [1.165, 1.54) is 4.90 Å². The number of carboxylic acids is 1. The monoisotopic (exact) mass is 274 g/mol. The average molecular weight is 274 g/mol. The first-order valence-corrected chi connectivity index (χ1v) is 6.51. The number of nitrogens with zero attached hydrogens (tertiary/aromatic N) is 1. The topological polar surface area (TPSA) is 83.6 Å². The number of rotatable bonds is 4. The molecule has 2 atom stereocenters. The predicted molar refractivity (Wildman–Crippen MR) is 76.4 cm³/mol. The van der Waals surface area contributed by atoms with Gasteiger partial charge in [0, 0.05) is 11.7 Å². The number of benzene rings is 1. The van der Waals surface area contributed by atoms with Crippen molar-refractivity contribution in [3.8, 4) is 0 Å². The Morgan fingerprint density at radius 3 is 2.45 bits per heavy atom. The highest BCUT2D eigenvalue weighted by Gasteiger charge is 2.29. The van der Waals surface area contributed by atoms with E-state index in [4.69, 9.17) is 10.8 Å². The Kier molecular flexibility index (Phi) is 4.20. The third-order valence-corrected chi connectivity index (χ3v) is 3.34. The van der Waals surface area contributed by atoms with Gasteiger partial charge in [0.15, 0.2) is 0 Å². The highest BCUT2D eigenvalue weighted by molar-refractivity contribution is 5.99. The highest BCUT2D eigenvalue weighted by atomic mass is 16.4. The summed E-state index contributed by atoms with van der Waals surface area (Å²) in [5.41, 5.74) is 7.40. The highest BCUT2D eigenvalue weighted by Crippen LogP contribution is 2.23. The summed E-state index contributed by atoms with van der Waals surface area (Å²) in [6.07, 6.45) is 4.08. The quantitative estimate of drug-likeness (QED) is 0.811. The molecule has 1 aliphatic rings. The number of carbonyl (C=O) groups excluding carboxylic acids is 1. The van der Waals surface area contributed by atoms with Gasteiger partial charge in [-0.3, -0.25) is 9.59 Å². The van der Waals surface area contributed by atoms with Crippen LogP contribution in [0.4, 0.5) is 5.69 Å². The lowest BCUT2D eigenvalue weighted by atomic mass is 10.1. The van der Waals surface area contributed by atoms with Crippen LogP contribution in [0, 0.1) is 12.8 Å². The van der Waals surface area contributed by atoms with Crippen molar-refractivity contribution in [2.24, 2.45) is 11.7 Å². The largest absolute Gasteiger partial charge is 0.480 e. The molecule has 0 bridgehead atoms. The first-order chi connectivity index (χ1) is 9.47. The van der Waals surface area contributed by atoms with Crippen molar-refractivity contribution < 1.29 is 14.7 Å². The number of aliphatic carboxylic acids is 1. The predicted octanol–water partition coefficient (Wildman–Crippen LogP) is 1.32. The molecule has 0 saturated carbocycles. The second-order valence-corrected chi connectivity index (χ2v) is 5.04. The average Bonchev–Trinajstić information content (AvgIpc) is 2.83. The van der Waals surface area contributed by atoms with Crippen LogP contribution < -0.4 is 10.6 Å². The molecule has 0 radical (unpaired) electrons. The fourth-order valence-electron chi connectivity index (χ4n) is 2.27. The molecule has 0 heterocycles. The number of aryl methyl sites for hydroxylation is 1. The van der Waals surface area contributed by atoms with E-state index in [1.807, 2.05) is 19.1 Å². The lowest BCUT2D eigenvalue weighted by Gasteiger charge is -2.24. The third-order valence-electron chi connectivity index (χ3n) is 3.34. The van der Waals surface area contributed by atoms with E-state index >= 15 is 0 Å². The summed E-state index contributed by atoms with van der Waals surface area (Å²) in [5.74, 6) is -1.60. The van der Waals surface area contributed by atoms with E-state index in [1.54, 1.807) is 24.3 Å². The molecule has 0 aliphatic heterocycles. The third kappa shape index (κ3) is 3.24. The van der Waals surface area contributed by atoms with E-state index in [2.05, 4.69) is 0 Å². The van der Waals surface area contributed by atoms with Crippen molar-refractivity contribution in [2.45, 2.75) is 19.4 Å². The van der Waals surface area contributed by atoms with Gasteiger partial charge in [-0.25, -0.2) is 0 Å². The van der Waals surface area contributed by atoms with Crippen molar-refractivity contribution in [1.82, 2.24) is 0 Å². The van der Waals surface area contributed by atoms with Gasteiger partial charge < -0.3 is 15.7 Å². The minimum absolute atomic E-state index is 0.131. The van der Waals surface area contributed by atoms with Crippen molar-refractivity contribution in [3.63, 3.8) is 0 Å². The second-order valence-electron chi connectivity index (χ2n) is 5.04. The summed E-state index contributed by atoms with van der Waals surface area (Å²) in [6.45, 7) is 1.59. The summed E-state index contributed by atoms with van der Waals surface area (Å²) >= 11 is 0. The number of carbonyl (C=O) groups is 2. The molecule has 1 amide bonds. The molecule has 0 fully saturated rings. The van der Waals surface area contributed by atoms with Crippen molar-refractivity contribution in [2.75, 3.05) is 11.4 Å². The van der Waals surface area contributed by atoms with Crippen LogP contribution in [0.2, 0.25) is 0 Å². The Morgan fingerprint density at radius 2 is 1.95 bits per heavy atom. The number of anilines is 1. The molecule has 0 spiro atoms. The van der Waals surface area contributed by atoms with Gasteiger partial charge in [0.2, 0.25) is 5.91 Å². The first kappa shape index (κ1) is 14.3. The maximum Gasteiger partial charge on any atom is 0.323 e. The minimum atomic E-state index is -1.04. The molecule has 3 N–H and O–H groups in total. The molecule has 0 aromatic heterocycles. The smallest absolute Gasteiger partial charge is 0.323 e. The van der Waals surface area contributed by atoms with Gasteiger partial charge in [-0.05, 0) is 25.5 Å². The molecule has 20 heavy (non-hydrogen) atoms. The SMILES string of the molecule is Cc1ccc(N(CC(=O)O)C(=O)C2C=CC(N)C2)cc1. The Labute approximate surface area is 117 Å². The van der Waals surface area contributed by atoms with Gasteiger partial charge >= 0.3 is 5.97 Å². The number of hydrogen-bond donors (Lipinski definition) is 2. The van der Waals surface area contributed by atoms with Crippen LogP contribution in [0.1, 0.15) is 12.0 Å². The van der Waals surface area contributed by atoms with Gasteiger partial charge in [-0.1, -0.05) is 29.8 Å². The Hall–Kier alpha value is -2.14. The molecule has 106 valence electrons. The van der Waals surface area contributed by atoms with Crippen LogP contribution in [-0.2, 0) is 9.59 Å². The molecule has 2 rings (SSSR count). The molecular weight excluding hydrogens is 256 g/mol. The lowest BCUT2D eigenvalue weighted by molar-refractivity contribution is -0.137. The summed E-state index contributed by atoms with van der Waals surface area (Å²) in [7, 11) is 0. The van der Waals surface area contributed by atoms with Gasteiger partial charge in [-0.2, -0.15) is 0 Å². The molecule has 1 aromatic carbocycles. The summed E-state index contributed by atoms with van der Waals surface area (Å²) in [6, 6.07) is 7.10. The van der Waals surface area contributed by atoms with Crippen LogP contribution in [0.25, 0.3) is 0 Å². The van der Waals surface area contributed by atoms with E-state index in [0.717, 1.165) is 5.56 Å². The lowest BCUT2D eigenvalue weighted by Crippen LogP contribution is -2.39. The number of carboxylic acid groups (broad SMARTS) is 1. The fourth-order valence-corrected chi connectivity index (χ4v) is 2.27. The van der Waals surface area contributed by atoms with Crippen molar-refractivity contribution >= 4 is 17.6 Å². The Balaban J connectivity index is 2.23. The van der Waals surface area contributed by atoms with Crippen LogP contribution in [0.3, 0.4) is 0 Å². The van der Waals surface area contributed by atoms with Gasteiger partial charge in [0.25, 0.3) is 0 Å². The summed E-state index contributed by atoms with van der Waals surface area (Å²) in [4.78, 5) is 24.8. The van der Waals surface area contributed by atoms with Crippen LogP contribution in [0.15, 0.2) is 36.4 Å². The normalized spacial score (nSPS) is 20.9. The molecule has 2 unspecified atom stereocenters. The molecule has 0 saturated heterocycles. The van der Waals surface area contributed by atoms with Crippen LogP contribution in [0.5, 0.6) is 0 Å². The molecule has 5 heteroatoms. The molecule has 5 nitrogen and oxygen atoms in total. The molecule has 1 aliphatic carbocycles. The zero-order valence-corrected chi connectivity index (χ0v) is 11.3. The Morgan fingerprint density at radius 1 is 1.30 bits per heavy atom. The van der Waals surface area contributed by atoms with E-state index in [0.29, 0.717) is 12.1 Å². The van der Waals surface area contributed by atoms with E-state index in [9.17, 15) is 9.59 Å². The number of amides is 1. The summed E-state index contributed by atoms with van der Waals surface area (Å²) in [5, 5.41) is 9.01. The zero-order chi connectivity index (χ0) is 14.7. The van der Waals surface area contributed by atoms with Crippen molar-refractivity contribution in [1.29, 1.82) is 0 Å². The maximum atomic E-state index is 12.5. The van der Waals surface area contributed by atoms with Crippen molar-refractivity contribution in [3.05, 3.63) is 42.0 Å². The standard InChI is InChI=1S/C15H18N2O3/c1-10-2-6-13(7-3-10)17(9-14(18)19)15(20)11-4-5-12(16)8-11/h2-7,11-12H,8-9,16H2,1H3,(H,18,19). The van der Waals surface area contributed by atoms with Gasteiger partial charge in [0.05, 0.1) is 5.92 Å². The second kappa shape index (κ2) is 5.88.